The zero-order valence-corrected chi connectivity index (χ0v) is 13.4. The van der Waals surface area contributed by atoms with Crippen LogP contribution in [0.1, 0.15) is 23.9 Å². The van der Waals surface area contributed by atoms with E-state index in [-0.39, 0.29) is 0 Å². The monoisotopic (exact) mass is 305 g/mol. The first kappa shape index (κ1) is 14.0. The molecule has 2 heterocycles. The molecule has 0 saturated carbocycles. The summed E-state index contributed by atoms with van der Waals surface area (Å²) in [5.74, 6) is 1.31. The van der Waals surface area contributed by atoms with Crippen molar-refractivity contribution in [1.82, 2.24) is 10.1 Å². The van der Waals surface area contributed by atoms with E-state index in [9.17, 15) is 0 Å². The first-order valence-corrected chi connectivity index (χ1v) is 7.95. The molecule has 0 N–H and O–H groups in total. The van der Waals surface area contributed by atoms with Crippen molar-refractivity contribution in [3.05, 3.63) is 65.5 Å². The van der Waals surface area contributed by atoms with Crippen LogP contribution >= 0.6 is 0 Å². The molecule has 4 nitrogen and oxygen atoms in total. The van der Waals surface area contributed by atoms with Crippen molar-refractivity contribution in [2.24, 2.45) is 0 Å². The number of rotatable bonds is 3. The Morgan fingerprint density at radius 1 is 1.13 bits per heavy atom. The second-order valence-electron chi connectivity index (χ2n) is 6.19. The van der Waals surface area contributed by atoms with Gasteiger partial charge in [0, 0.05) is 17.3 Å². The van der Waals surface area contributed by atoms with Gasteiger partial charge in [-0.05, 0) is 31.9 Å². The Bertz CT molecular complexity index is 823. The Kier molecular flexibility index (Phi) is 3.37. The highest BCUT2D eigenvalue weighted by Gasteiger charge is 2.27. The Morgan fingerprint density at radius 3 is 2.74 bits per heavy atom. The summed E-state index contributed by atoms with van der Waals surface area (Å²) < 4.78 is 5.47. The summed E-state index contributed by atoms with van der Waals surface area (Å²) in [5.41, 5.74) is 4.87. The number of nitrogens with zero attached hydrogens (tertiary/aromatic N) is 3. The van der Waals surface area contributed by atoms with Crippen LogP contribution in [0.15, 0.2) is 53.1 Å². The minimum Gasteiger partial charge on any atom is -0.359 e. The first-order chi connectivity index (χ1) is 11.2. The maximum absolute atomic E-state index is 5.47. The van der Waals surface area contributed by atoms with Crippen molar-refractivity contribution in [2.45, 2.75) is 32.9 Å². The smallest absolute Gasteiger partial charge is 0.246 e. The van der Waals surface area contributed by atoms with Crippen molar-refractivity contribution in [1.29, 1.82) is 0 Å². The summed E-state index contributed by atoms with van der Waals surface area (Å²) in [6.45, 7) is 4.95. The second kappa shape index (κ2) is 5.54. The van der Waals surface area contributed by atoms with Gasteiger partial charge in [0.1, 0.15) is 0 Å². The molecule has 4 rings (SSSR count). The normalized spacial score (nSPS) is 16.6. The zero-order valence-electron chi connectivity index (χ0n) is 13.4. The lowest BCUT2D eigenvalue weighted by Crippen LogP contribution is -2.28. The number of hydrogen-bond donors (Lipinski definition) is 0. The van der Waals surface area contributed by atoms with E-state index in [1.54, 1.807) is 0 Å². The molecule has 0 spiro atoms. The number of anilines is 1. The third kappa shape index (κ3) is 2.61. The van der Waals surface area contributed by atoms with Crippen LogP contribution in [0.3, 0.4) is 0 Å². The van der Waals surface area contributed by atoms with Crippen molar-refractivity contribution < 1.29 is 4.52 Å². The molecule has 0 fully saturated rings. The summed E-state index contributed by atoms with van der Waals surface area (Å²) >= 11 is 0. The Hall–Kier alpha value is -2.62. The van der Waals surface area contributed by atoms with Crippen LogP contribution in [0, 0.1) is 6.92 Å². The minimum absolute atomic E-state index is 0.446. The number of aryl methyl sites for hydroxylation is 1. The van der Waals surface area contributed by atoms with Gasteiger partial charge in [-0.2, -0.15) is 4.98 Å². The van der Waals surface area contributed by atoms with Crippen LogP contribution in [0.5, 0.6) is 0 Å². The fourth-order valence-corrected chi connectivity index (χ4v) is 3.16. The third-order valence-corrected chi connectivity index (χ3v) is 4.43. The number of para-hydroxylation sites is 1. The predicted molar refractivity (Wildman–Crippen MR) is 90.3 cm³/mol. The van der Waals surface area contributed by atoms with Crippen LogP contribution in [0.25, 0.3) is 11.4 Å². The third-order valence-electron chi connectivity index (χ3n) is 4.43. The van der Waals surface area contributed by atoms with Gasteiger partial charge in [-0.15, -0.1) is 0 Å². The molecular weight excluding hydrogens is 286 g/mol. The largest absolute Gasteiger partial charge is 0.359 e. The maximum atomic E-state index is 5.47. The fourth-order valence-electron chi connectivity index (χ4n) is 3.16. The molecule has 0 amide bonds. The highest BCUT2D eigenvalue weighted by Crippen LogP contribution is 2.33. The van der Waals surface area contributed by atoms with Gasteiger partial charge in [0.25, 0.3) is 0 Å². The van der Waals surface area contributed by atoms with Crippen LogP contribution < -0.4 is 4.90 Å². The average molecular weight is 305 g/mol. The van der Waals surface area contributed by atoms with Crippen LogP contribution in [0.2, 0.25) is 0 Å². The number of benzene rings is 2. The number of aromatic nitrogens is 2. The van der Waals surface area contributed by atoms with Crippen LogP contribution in [-0.2, 0) is 13.0 Å². The molecule has 0 saturated heterocycles. The van der Waals surface area contributed by atoms with Gasteiger partial charge >= 0.3 is 0 Å². The molecule has 2 aromatic carbocycles. The molecule has 0 aliphatic carbocycles. The van der Waals surface area contributed by atoms with Gasteiger partial charge in [0.2, 0.25) is 11.7 Å². The lowest BCUT2D eigenvalue weighted by Gasteiger charge is -2.22. The summed E-state index contributed by atoms with van der Waals surface area (Å²) in [4.78, 5) is 6.90. The van der Waals surface area contributed by atoms with Gasteiger partial charge < -0.3 is 9.42 Å². The van der Waals surface area contributed by atoms with E-state index in [4.69, 9.17) is 4.52 Å². The molecule has 1 atom stereocenters. The minimum atomic E-state index is 0.446. The van der Waals surface area contributed by atoms with Crippen LogP contribution in [0.4, 0.5) is 5.69 Å². The van der Waals surface area contributed by atoms with Gasteiger partial charge in [-0.1, -0.05) is 53.2 Å². The SMILES string of the molecule is Cc1ccc(-c2noc(CN3c4ccccc4C[C@H]3C)n2)cc1. The van der Waals surface area contributed by atoms with E-state index in [1.165, 1.54) is 16.8 Å². The summed E-state index contributed by atoms with van der Waals surface area (Å²) in [6.07, 6.45) is 1.06. The number of hydrogen-bond acceptors (Lipinski definition) is 4. The molecule has 1 aliphatic heterocycles. The molecule has 0 bridgehead atoms. The van der Waals surface area contributed by atoms with E-state index >= 15 is 0 Å². The predicted octanol–water partition coefficient (Wildman–Crippen LogP) is 4.00. The second-order valence-corrected chi connectivity index (χ2v) is 6.19. The highest BCUT2D eigenvalue weighted by molar-refractivity contribution is 5.59. The van der Waals surface area contributed by atoms with E-state index in [1.807, 2.05) is 12.1 Å². The number of fused-ring (bicyclic) bond motifs is 1. The molecule has 4 heteroatoms. The zero-order chi connectivity index (χ0) is 15.8. The Morgan fingerprint density at radius 2 is 1.91 bits per heavy atom. The van der Waals surface area contributed by atoms with Crippen molar-refractivity contribution in [2.75, 3.05) is 4.90 Å². The molecule has 0 unspecified atom stereocenters. The maximum Gasteiger partial charge on any atom is 0.246 e. The van der Waals surface area contributed by atoms with Crippen molar-refractivity contribution in [3.8, 4) is 11.4 Å². The quantitative estimate of drug-likeness (QED) is 0.733. The summed E-state index contributed by atoms with van der Waals surface area (Å²) in [6, 6.07) is 17.1. The standard InChI is InChI=1S/C19H19N3O/c1-13-7-9-15(10-8-13)19-20-18(23-21-19)12-22-14(2)11-16-5-3-4-6-17(16)22/h3-10,14H,11-12H2,1-2H3/t14-/m1/s1. The lowest BCUT2D eigenvalue weighted by atomic mass is 10.1. The van der Waals surface area contributed by atoms with E-state index < -0.39 is 0 Å². The van der Waals surface area contributed by atoms with Gasteiger partial charge in [0.15, 0.2) is 0 Å². The molecule has 0 radical (unpaired) electrons. The lowest BCUT2D eigenvalue weighted by molar-refractivity contribution is 0.374. The molecular formula is C19H19N3O. The summed E-state index contributed by atoms with van der Waals surface area (Å²) in [5, 5.41) is 4.13. The van der Waals surface area contributed by atoms with Gasteiger partial charge in [0.05, 0.1) is 6.54 Å². The van der Waals surface area contributed by atoms with Crippen molar-refractivity contribution in [3.63, 3.8) is 0 Å². The van der Waals surface area contributed by atoms with E-state index in [0.717, 1.165) is 12.0 Å². The Balaban J connectivity index is 1.57. The van der Waals surface area contributed by atoms with Gasteiger partial charge in [-0.25, -0.2) is 0 Å². The van der Waals surface area contributed by atoms with E-state index in [0.29, 0.717) is 24.3 Å². The average Bonchev–Trinajstić information content (AvgIpc) is 3.14. The fraction of sp³-hybridized carbons (Fsp3) is 0.263. The van der Waals surface area contributed by atoms with Crippen molar-refractivity contribution >= 4 is 5.69 Å². The van der Waals surface area contributed by atoms with E-state index in [2.05, 4.69) is 65.3 Å². The highest BCUT2D eigenvalue weighted by atomic mass is 16.5. The molecule has 3 aromatic rings. The molecule has 23 heavy (non-hydrogen) atoms. The Labute approximate surface area is 135 Å². The topological polar surface area (TPSA) is 42.2 Å². The molecule has 116 valence electrons. The first-order valence-electron chi connectivity index (χ1n) is 7.95. The molecule has 1 aromatic heterocycles. The van der Waals surface area contributed by atoms with Gasteiger partial charge in [-0.3, -0.25) is 0 Å². The van der Waals surface area contributed by atoms with Crippen LogP contribution in [-0.4, -0.2) is 16.2 Å². The molecule has 1 aliphatic rings. The summed E-state index contributed by atoms with van der Waals surface area (Å²) in [7, 11) is 0.